The lowest BCUT2D eigenvalue weighted by molar-refractivity contribution is 0.0603. The van der Waals surface area contributed by atoms with Crippen molar-refractivity contribution >= 4 is 11.9 Å². The van der Waals surface area contributed by atoms with E-state index in [9.17, 15) is 9.59 Å². The van der Waals surface area contributed by atoms with Crippen LogP contribution in [0, 0.1) is 0 Å². The number of nitrogens with one attached hydrogen (secondary N) is 2. The van der Waals surface area contributed by atoms with Crippen LogP contribution in [0.4, 0.5) is 4.79 Å². The van der Waals surface area contributed by atoms with Crippen molar-refractivity contribution in [3.8, 4) is 5.75 Å². The standard InChI is InChI=1S/C19H29N3O4/c1-4-20-18(24)21-19(11-14-25-2)9-12-22(13-10-19)17(23)15-5-7-16(26-3)8-6-15/h5-8H,4,9-14H2,1-3H3,(H2,20,21,24). The average molecular weight is 363 g/mol. The van der Waals surface area contributed by atoms with Crippen LogP contribution >= 0.6 is 0 Å². The molecule has 1 aromatic rings. The summed E-state index contributed by atoms with van der Waals surface area (Å²) in [6.45, 7) is 4.23. The summed E-state index contributed by atoms with van der Waals surface area (Å²) in [6.07, 6.45) is 2.13. The van der Waals surface area contributed by atoms with Crippen LogP contribution < -0.4 is 15.4 Å². The van der Waals surface area contributed by atoms with Crippen molar-refractivity contribution < 1.29 is 19.1 Å². The van der Waals surface area contributed by atoms with Gasteiger partial charge in [0.15, 0.2) is 0 Å². The van der Waals surface area contributed by atoms with Gasteiger partial charge in [0, 0.05) is 44.5 Å². The number of urea groups is 1. The average Bonchev–Trinajstić information content (AvgIpc) is 2.67. The minimum atomic E-state index is -0.341. The van der Waals surface area contributed by atoms with E-state index >= 15 is 0 Å². The summed E-state index contributed by atoms with van der Waals surface area (Å²) in [5.74, 6) is 0.732. The second-order valence-electron chi connectivity index (χ2n) is 6.53. The molecule has 1 fully saturated rings. The molecule has 3 amide bonds. The molecule has 7 heteroatoms. The molecule has 1 aromatic carbocycles. The number of carbonyl (C=O) groups is 2. The number of nitrogens with zero attached hydrogens (tertiary/aromatic N) is 1. The Kier molecular flexibility index (Phi) is 7.26. The smallest absolute Gasteiger partial charge is 0.315 e. The van der Waals surface area contributed by atoms with Gasteiger partial charge >= 0.3 is 6.03 Å². The number of rotatable bonds is 7. The highest BCUT2D eigenvalue weighted by Crippen LogP contribution is 2.27. The van der Waals surface area contributed by atoms with Gasteiger partial charge in [-0.2, -0.15) is 0 Å². The monoisotopic (exact) mass is 363 g/mol. The lowest BCUT2D eigenvalue weighted by Crippen LogP contribution is -2.58. The Balaban J connectivity index is 2.00. The number of ether oxygens (including phenoxy) is 2. The van der Waals surface area contributed by atoms with E-state index in [1.54, 1.807) is 38.5 Å². The van der Waals surface area contributed by atoms with Crippen molar-refractivity contribution in [3.05, 3.63) is 29.8 Å². The zero-order chi connectivity index (χ0) is 19.0. The number of carbonyl (C=O) groups excluding carboxylic acids is 2. The maximum Gasteiger partial charge on any atom is 0.315 e. The van der Waals surface area contributed by atoms with Crippen molar-refractivity contribution in [2.45, 2.75) is 31.7 Å². The van der Waals surface area contributed by atoms with Gasteiger partial charge in [-0.1, -0.05) is 0 Å². The molecule has 1 heterocycles. The Morgan fingerprint density at radius 2 is 1.81 bits per heavy atom. The molecule has 2 N–H and O–H groups in total. The number of methoxy groups -OCH3 is 2. The van der Waals surface area contributed by atoms with E-state index in [1.807, 2.05) is 11.8 Å². The molecule has 26 heavy (non-hydrogen) atoms. The van der Waals surface area contributed by atoms with Crippen LogP contribution in [0.2, 0.25) is 0 Å². The largest absolute Gasteiger partial charge is 0.497 e. The molecule has 0 spiro atoms. The minimum absolute atomic E-state index is 0.00556. The topological polar surface area (TPSA) is 79.9 Å². The quantitative estimate of drug-likeness (QED) is 0.777. The van der Waals surface area contributed by atoms with Gasteiger partial charge in [0.1, 0.15) is 5.75 Å². The number of hydrogen-bond acceptors (Lipinski definition) is 4. The minimum Gasteiger partial charge on any atom is -0.497 e. The van der Waals surface area contributed by atoms with Crippen LogP contribution in [0.25, 0.3) is 0 Å². The molecule has 0 unspecified atom stereocenters. The van der Waals surface area contributed by atoms with Crippen molar-refractivity contribution in [3.63, 3.8) is 0 Å². The molecule has 0 radical (unpaired) electrons. The first kappa shape index (κ1) is 20.0. The molecule has 0 bridgehead atoms. The molecule has 1 aliphatic rings. The van der Waals surface area contributed by atoms with E-state index in [1.165, 1.54) is 0 Å². The zero-order valence-corrected chi connectivity index (χ0v) is 15.8. The first-order valence-corrected chi connectivity index (χ1v) is 9.02. The van der Waals surface area contributed by atoms with E-state index in [0.717, 1.165) is 12.2 Å². The molecular formula is C19H29N3O4. The summed E-state index contributed by atoms with van der Waals surface area (Å²) in [6, 6.07) is 6.97. The van der Waals surface area contributed by atoms with Gasteiger partial charge in [-0.25, -0.2) is 4.79 Å². The first-order chi connectivity index (χ1) is 12.5. The lowest BCUT2D eigenvalue weighted by Gasteiger charge is -2.42. The van der Waals surface area contributed by atoms with Crippen LogP contribution in [0.3, 0.4) is 0 Å². The van der Waals surface area contributed by atoms with E-state index in [0.29, 0.717) is 44.6 Å². The molecule has 0 saturated carbocycles. The summed E-state index contributed by atoms with van der Waals surface area (Å²) in [5, 5.41) is 5.88. The Morgan fingerprint density at radius 1 is 1.15 bits per heavy atom. The van der Waals surface area contributed by atoms with Crippen LogP contribution in [0.1, 0.15) is 36.5 Å². The maximum atomic E-state index is 12.7. The number of likely N-dealkylation sites (tertiary alicyclic amines) is 1. The van der Waals surface area contributed by atoms with E-state index in [2.05, 4.69) is 10.6 Å². The second-order valence-corrected chi connectivity index (χ2v) is 6.53. The fraction of sp³-hybridized carbons (Fsp3) is 0.579. The van der Waals surface area contributed by atoms with Crippen molar-refractivity contribution in [2.75, 3.05) is 40.5 Å². The normalized spacial score (nSPS) is 16.0. The van der Waals surface area contributed by atoms with Crippen LogP contribution in [0.15, 0.2) is 24.3 Å². The summed E-state index contributed by atoms with van der Waals surface area (Å²) in [4.78, 5) is 26.6. The highest BCUT2D eigenvalue weighted by Gasteiger charge is 2.37. The molecule has 2 rings (SSSR count). The molecule has 7 nitrogen and oxygen atoms in total. The molecule has 1 aliphatic heterocycles. The van der Waals surface area contributed by atoms with E-state index in [-0.39, 0.29) is 17.5 Å². The Hall–Kier alpha value is -2.28. The van der Waals surface area contributed by atoms with Gasteiger partial charge in [-0.3, -0.25) is 4.79 Å². The third-order valence-electron chi connectivity index (χ3n) is 4.85. The molecule has 0 aliphatic carbocycles. The van der Waals surface area contributed by atoms with Crippen molar-refractivity contribution in [1.82, 2.24) is 15.5 Å². The Bertz CT molecular complexity index is 595. The van der Waals surface area contributed by atoms with Gasteiger partial charge in [0.25, 0.3) is 5.91 Å². The van der Waals surface area contributed by atoms with Crippen LogP contribution in [-0.4, -0.2) is 62.8 Å². The van der Waals surface area contributed by atoms with Gasteiger partial charge in [-0.05, 0) is 50.5 Å². The predicted octanol–water partition coefficient (Wildman–Crippen LogP) is 2.03. The fourth-order valence-electron chi connectivity index (χ4n) is 3.23. The second kappa shape index (κ2) is 9.43. The Labute approximate surface area is 155 Å². The van der Waals surface area contributed by atoms with Crippen molar-refractivity contribution in [1.29, 1.82) is 0 Å². The van der Waals surface area contributed by atoms with Gasteiger partial charge in [0.05, 0.1) is 7.11 Å². The van der Waals surface area contributed by atoms with Crippen molar-refractivity contribution in [2.24, 2.45) is 0 Å². The third kappa shape index (κ3) is 5.11. The van der Waals surface area contributed by atoms with E-state index in [4.69, 9.17) is 9.47 Å². The van der Waals surface area contributed by atoms with Crippen LogP contribution in [-0.2, 0) is 4.74 Å². The lowest BCUT2D eigenvalue weighted by atomic mass is 9.84. The SMILES string of the molecule is CCNC(=O)NC1(CCOC)CCN(C(=O)c2ccc(OC)cc2)CC1. The summed E-state index contributed by atoms with van der Waals surface area (Å²) in [7, 11) is 3.25. The molecule has 144 valence electrons. The number of benzene rings is 1. The molecule has 1 saturated heterocycles. The number of hydrogen-bond donors (Lipinski definition) is 2. The summed E-state index contributed by atoms with van der Waals surface area (Å²) >= 11 is 0. The highest BCUT2D eigenvalue weighted by atomic mass is 16.5. The summed E-state index contributed by atoms with van der Waals surface area (Å²) in [5.41, 5.74) is 0.304. The van der Waals surface area contributed by atoms with Gasteiger partial charge in [-0.15, -0.1) is 0 Å². The van der Waals surface area contributed by atoms with E-state index < -0.39 is 0 Å². The first-order valence-electron chi connectivity index (χ1n) is 9.02. The summed E-state index contributed by atoms with van der Waals surface area (Å²) < 4.78 is 10.3. The maximum absolute atomic E-state index is 12.7. The molecular weight excluding hydrogens is 334 g/mol. The molecule has 0 aromatic heterocycles. The van der Waals surface area contributed by atoms with Gasteiger partial charge < -0.3 is 25.0 Å². The fourth-order valence-corrected chi connectivity index (χ4v) is 3.23. The zero-order valence-electron chi connectivity index (χ0n) is 15.8. The van der Waals surface area contributed by atoms with Gasteiger partial charge in [0.2, 0.25) is 0 Å². The number of amides is 3. The van der Waals surface area contributed by atoms with Crippen LogP contribution in [0.5, 0.6) is 5.75 Å². The predicted molar refractivity (Wildman–Crippen MR) is 99.6 cm³/mol. The number of piperidine rings is 1. The third-order valence-corrected chi connectivity index (χ3v) is 4.85. The Morgan fingerprint density at radius 3 is 2.35 bits per heavy atom. The highest BCUT2D eigenvalue weighted by molar-refractivity contribution is 5.94. The molecule has 0 atom stereocenters.